The summed E-state index contributed by atoms with van der Waals surface area (Å²) in [5.41, 5.74) is 0. The van der Waals surface area contributed by atoms with Crippen molar-refractivity contribution in [3.8, 4) is 0 Å². The van der Waals surface area contributed by atoms with E-state index in [-0.39, 0.29) is 0 Å². The van der Waals surface area contributed by atoms with Gasteiger partial charge >= 0.3 is 0 Å². The maximum Gasteiger partial charge on any atom is 0.0160 e. The number of hydrogen-bond donors (Lipinski definition) is 1. The number of rotatable bonds is 4. The van der Waals surface area contributed by atoms with Crippen LogP contribution in [-0.2, 0) is 0 Å². The van der Waals surface area contributed by atoms with E-state index in [0.29, 0.717) is 0 Å². The molecule has 1 saturated heterocycles. The van der Waals surface area contributed by atoms with Crippen molar-refractivity contribution in [3.05, 3.63) is 0 Å². The fourth-order valence-electron chi connectivity index (χ4n) is 1.79. The highest BCUT2D eigenvalue weighted by Crippen LogP contribution is 2.17. The molecule has 2 heteroatoms. The Hall–Kier alpha value is 0.310. The normalized spacial score (nSPS) is 27.0. The topological polar surface area (TPSA) is 12.0 Å². The molecular formula is C10H21NS. The second-order valence-corrected chi connectivity index (χ2v) is 4.92. The van der Waals surface area contributed by atoms with Crippen LogP contribution in [0.2, 0.25) is 0 Å². The molecule has 1 rings (SSSR count). The van der Waals surface area contributed by atoms with E-state index in [9.17, 15) is 0 Å². The maximum absolute atomic E-state index is 3.70. The zero-order chi connectivity index (χ0) is 8.81. The first-order chi connectivity index (χ1) is 5.83. The quantitative estimate of drug-likeness (QED) is 0.726. The van der Waals surface area contributed by atoms with Crippen LogP contribution in [0, 0.1) is 0 Å². The molecule has 0 aromatic carbocycles. The lowest BCUT2D eigenvalue weighted by Gasteiger charge is -2.26. The predicted octanol–water partition coefficient (Wildman–Crippen LogP) is 2.66. The molecule has 0 amide bonds. The molecule has 0 spiro atoms. The third-order valence-corrected chi connectivity index (χ3v) is 3.62. The number of nitrogens with one attached hydrogen (secondary N) is 1. The van der Waals surface area contributed by atoms with E-state index in [4.69, 9.17) is 0 Å². The first kappa shape index (κ1) is 10.4. The Kier molecular flexibility index (Phi) is 5.08. The fourth-order valence-corrected chi connectivity index (χ4v) is 2.88. The van der Waals surface area contributed by atoms with Crippen molar-refractivity contribution < 1.29 is 0 Å². The van der Waals surface area contributed by atoms with Crippen LogP contribution >= 0.6 is 11.8 Å². The molecule has 1 N–H and O–H groups in total. The summed E-state index contributed by atoms with van der Waals surface area (Å²) < 4.78 is 0. The Bertz CT molecular complexity index is 110. The monoisotopic (exact) mass is 187 g/mol. The second kappa shape index (κ2) is 5.87. The van der Waals surface area contributed by atoms with E-state index >= 15 is 0 Å². The minimum atomic E-state index is 0.721. The molecule has 1 aliphatic rings. The zero-order valence-corrected chi connectivity index (χ0v) is 9.12. The third kappa shape index (κ3) is 3.81. The molecular weight excluding hydrogens is 166 g/mol. The average molecular weight is 187 g/mol. The molecule has 72 valence electrons. The van der Waals surface area contributed by atoms with E-state index in [1.54, 1.807) is 0 Å². The number of hydrogen-bond acceptors (Lipinski definition) is 2. The molecule has 2 unspecified atom stereocenters. The maximum atomic E-state index is 3.70. The summed E-state index contributed by atoms with van der Waals surface area (Å²) in [5, 5.41) is 3.70. The lowest BCUT2D eigenvalue weighted by atomic mass is 10.1. The third-order valence-electron chi connectivity index (χ3n) is 2.40. The van der Waals surface area contributed by atoms with Crippen LogP contribution in [-0.4, -0.2) is 23.6 Å². The lowest BCUT2D eigenvalue weighted by molar-refractivity contribution is 0.423. The van der Waals surface area contributed by atoms with Gasteiger partial charge in [0.25, 0.3) is 0 Å². The van der Waals surface area contributed by atoms with Crippen molar-refractivity contribution >= 4 is 11.8 Å². The summed E-state index contributed by atoms with van der Waals surface area (Å²) in [6.45, 7) is 4.57. The Morgan fingerprint density at radius 3 is 3.00 bits per heavy atom. The molecule has 12 heavy (non-hydrogen) atoms. The van der Waals surface area contributed by atoms with E-state index in [0.717, 1.165) is 12.1 Å². The van der Waals surface area contributed by atoms with Crippen LogP contribution in [0.4, 0.5) is 0 Å². The molecule has 0 radical (unpaired) electrons. The van der Waals surface area contributed by atoms with Crippen molar-refractivity contribution in [1.29, 1.82) is 0 Å². The van der Waals surface area contributed by atoms with Gasteiger partial charge in [0, 0.05) is 17.8 Å². The van der Waals surface area contributed by atoms with Crippen LogP contribution in [0.25, 0.3) is 0 Å². The second-order valence-electron chi connectivity index (χ2n) is 3.77. The van der Waals surface area contributed by atoms with Crippen LogP contribution in [0.3, 0.4) is 0 Å². The van der Waals surface area contributed by atoms with Gasteiger partial charge in [-0.2, -0.15) is 11.8 Å². The summed E-state index contributed by atoms with van der Waals surface area (Å²) in [6, 6.07) is 1.52. The lowest BCUT2D eigenvalue weighted by Crippen LogP contribution is -2.39. The molecule has 0 aliphatic carbocycles. The van der Waals surface area contributed by atoms with Crippen LogP contribution in [0.5, 0.6) is 0 Å². The van der Waals surface area contributed by atoms with Gasteiger partial charge in [-0.05, 0) is 31.9 Å². The molecule has 1 aliphatic heterocycles. The fraction of sp³-hybridized carbons (Fsp3) is 1.00. The van der Waals surface area contributed by atoms with Gasteiger partial charge in [0.15, 0.2) is 0 Å². The Morgan fingerprint density at radius 2 is 2.42 bits per heavy atom. The van der Waals surface area contributed by atoms with Gasteiger partial charge in [-0.1, -0.05) is 13.3 Å². The standard InChI is InChI=1S/C10H21NS/c1-3-5-9(2)11-10-6-4-7-12-8-10/h9-11H,3-8H2,1-2H3. The first-order valence-electron chi connectivity index (χ1n) is 5.16. The Balaban J connectivity index is 2.11. The molecule has 1 nitrogen and oxygen atoms in total. The van der Waals surface area contributed by atoms with Gasteiger partial charge in [-0.25, -0.2) is 0 Å². The van der Waals surface area contributed by atoms with Crippen molar-refractivity contribution in [2.75, 3.05) is 11.5 Å². The minimum Gasteiger partial charge on any atom is -0.311 e. The summed E-state index contributed by atoms with van der Waals surface area (Å²) in [4.78, 5) is 0. The van der Waals surface area contributed by atoms with Gasteiger partial charge in [-0.15, -0.1) is 0 Å². The van der Waals surface area contributed by atoms with Gasteiger partial charge in [0.2, 0.25) is 0 Å². The molecule has 0 aromatic heterocycles. The highest BCUT2D eigenvalue weighted by Gasteiger charge is 2.14. The van der Waals surface area contributed by atoms with Crippen LogP contribution in [0.1, 0.15) is 39.5 Å². The summed E-state index contributed by atoms with van der Waals surface area (Å²) in [7, 11) is 0. The van der Waals surface area contributed by atoms with Gasteiger partial charge in [0.1, 0.15) is 0 Å². The van der Waals surface area contributed by atoms with Gasteiger partial charge in [-0.3, -0.25) is 0 Å². The zero-order valence-electron chi connectivity index (χ0n) is 8.31. The van der Waals surface area contributed by atoms with Gasteiger partial charge < -0.3 is 5.32 Å². The van der Waals surface area contributed by atoms with E-state index in [2.05, 4.69) is 30.9 Å². The van der Waals surface area contributed by atoms with Crippen molar-refractivity contribution in [2.45, 2.75) is 51.6 Å². The van der Waals surface area contributed by atoms with Crippen LogP contribution in [0.15, 0.2) is 0 Å². The van der Waals surface area contributed by atoms with Crippen molar-refractivity contribution in [2.24, 2.45) is 0 Å². The predicted molar refractivity (Wildman–Crippen MR) is 57.9 cm³/mol. The Morgan fingerprint density at radius 1 is 1.58 bits per heavy atom. The van der Waals surface area contributed by atoms with Gasteiger partial charge in [0.05, 0.1) is 0 Å². The van der Waals surface area contributed by atoms with Crippen molar-refractivity contribution in [3.63, 3.8) is 0 Å². The van der Waals surface area contributed by atoms with E-state index in [1.165, 1.54) is 37.2 Å². The minimum absolute atomic E-state index is 0.721. The van der Waals surface area contributed by atoms with Crippen molar-refractivity contribution in [1.82, 2.24) is 5.32 Å². The molecule has 2 atom stereocenters. The SMILES string of the molecule is CCCC(C)NC1CCCSC1. The molecule has 0 aromatic rings. The van der Waals surface area contributed by atoms with E-state index < -0.39 is 0 Å². The Labute approximate surface area is 80.7 Å². The smallest absolute Gasteiger partial charge is 0.0160 e. The molecule has 0 bridgehead atoms. The highest BCUT2D eigenvalue weighted by atomic mass is 32.2. The summed E-state index contributed by atoms with van der Waals surface area (Å²) in [5.74, 6) is 2.70. The highest BCUT2D eigenvalue weighted by molar-refractivity contribution is 7.99. The summed E-state index contributed by atoms with van der Waals surface area (Å²) >= 11 is 2.10. The molecule has 0 saturated carbocycles. The van der Waals surface area contributed by atoms with Crippen LogP contribution < -0.4 is 5.32 Å². The first-order valence-corrected chi connectivity index (χ1v) is 6.32. The van der Waals surface area contributed by atoms with E-state index in [1.807, 2.05) is 0 Å². The summed E-state index contributed by atoms with van der Waals surface area (Å²) in [6.07, 6.45) is 5.41. The largest absolute Gasteiger partial charge is 0.311 e. The molecule has 1 heterocycles. The number of thioether (sulfide) groups is 1. The average Bonchev–Trinajstić information content (AvgIpc) is 2.06. The molecule has 1 fully saturated rings.